The predicted molar refractivity (Wildman–Crippen MR) is 126 cm³/mol. The summed E-state index contributed by atoms with van der Waals surface area (Å²) in [6.45, 7) is 4.90. The van der Waals surface area contributed by atoms with Crippen molar-refractivity contribution in [3.63, 3.8) is 0 Å². The molecular weight excluding hydrogens is 400 g/mol. The SMILES string of the molecule is Cc1ccc2ncnc(N3CCCC[C@H]3c3cc4nc(N5CC[C@H](N)C5)ccn4n3)c2c1. The second-order valence-electron chi connectivity index (χ2n) is 9.08. The van der Waals surface area contributed by atoms with Crippen LogP contribution >= 0.6 is 0 Å². The van der Waals surface area contributed by atoms with Crippen molar-refractivity contribution in [3.05, 3.63) is 54.1 Å². The molecule has 3 aromatic heterocycles. The molecule has 0 saturated carbocycles. The van der Waals surface area contributed by atoms with Gasteiger partial charge in [0.2, 0.25) is 0 Å². The number of rotatable bonds is 3. The maximum absolute atomic E-state index is 6.09. The summed E-state index contributed by atoms with van der Waals surface area (Å²) < 4.78 is 1.89. The third-order valence-corrected chi connectivity index (χ3v) is 6.76. The van der Waals surface area contributed by atoms with Crippen molar-refractivity contribution >= 4 is 28.2 Å². The Morgan fingerprint density at radius 1 is 1.03 bits per heavy atom. The lowest BCUT2D eigenvalue weighted by molar-refractivity contribution is 0.461. The van der Waals surface area contributed by atoms with Gasteiger partial charge in [-0.15, -0.1) is 0 Å². The molecule has 4 aromatic rings. The van der Waals surface area contributed by atoms with E-state index in [9.17, 15) is 0 Å². The van der Waals surface area contributed by atoms with Crippen molar-refractivity contribution < 1.29 is 0 Å². The van der Waals surface area contributed by atoms with Crippen LogP contribution in [0.25, 0.3) is 16.6 Å². The van der Waals surface area contributed by atoms with Crippen LogP contribution in [-0.2, 0) is 0 Å². The number of hydrogen-bond acceptors (Lipinski definition) is 7. The maximum Gasteiger partial charge on any atom is 0.157 e. The van der Waals surface area contributed by atoms with Gasteiger partial charge in [-0.1, -0.05) is 11.6 Å². The topological polar surface area (TPSA) is 88.5 Å². The van der Waals surface area contributed by atoms with Gasteiger partial charge in [-0.05, 0) is 50.8 Å². The van der Waals surface area contributed by atoms with Gasteiger partial charge in [0.25, 0.3) is 0 Å². The summed E-state index contributed by atoms with van der Waals surface area (Å²) in [4.78, 5) is 18.8. The highest BCUT2D eigenvalue weighted by Crippen LogP contribution is 2.37. The third-order valence-electron chi connectivity index (χ3n) is 6.76. The van der Waals surface area contributed by atoms with E-state index in [2.05, 4.69) is 46.0 Å². The summed E-state index contributed by atoms with van der Waals surface area (Å²) in [6.07, 6.45) is 8.09. The van der Waals surface area contributed by atoms with Gasteiger partial charge >= 0.3 is 0 Å². The molecular formula is C24H28N8. The minimum absolute atomic E-state index is 0.174. The first-order valence-corrected chi connectivity index (χ1v) is 11.5. The Morgan fingerprint density at radius 3 is 2.84 bits per heavy atom. The van der Waals surface area contributed by atoms with Crippen LogP contribution in [0.2, 0.25) is 0 Å². The first-order chi connectivity index (χ1) is 15.7. The van der Waals surface area contributed by atoms with Crippen LogP contribution in [0.15, 0.2) is 42.9 Å². The normalized spacial score (nSPS) is 21.7. The molecule has 8 heteroatoms. The average Bonchev–Trinajstić information content (AvgIpc) is 3.44. The highest BCUT2D eigenvalue weighted by atomic mass is 15.3. The average molecular weight is 429 g/mol. The van der Waals surface area contributed by atoms with E-state index >= 15 is 0 Å². The number of aryl methyl sites for hydroxylation is 1. The zero-order valence-corrected chi connectivity index (χ0v) is 18.4. The van der Waals surface area contributed by atoms with Crippen LogP contribution in [0.1, 0.15) is 43.0 Å². The van der Waals surface area contributed by atoms with E-state index < -0.39 is 0 Å². The Labute approximate surface area is 187 Å². The lowest BCUT2D eigenvalue weighted by Gasteiger charge is -2.36. The first-order valence-electron chi connectivity index (χ1n) is 11.5. The molecule has 0 bridgehead atoms. The van der Waals surface area contributed by atoms with E-state index in [4.69, 9.17) is 20.8 Å². The Hall–Kier alpha value is -3.26. The fourth-order valence-corrected chi connectivity index (χ4v) is 5.10. The minimum Gasteiger partial charge on any atom is -0.355 e. The molecule has 0 aliphatic carbocycles. The molecule has 2 atom stereocenters. The number of nitrogens with zero attached hydrogens (tertiary/aromatic N) is 7. The Balaban J connectivity index is 1.38. The van der Waals surface area contributed by atoms with Crippen LogP contribution in [0.4, 0.5) is 11.6 Å². The molecule has 164 valence electrons. The van der Waals surface area contributed by atoms with Gasteiger partial charge < -0.3 is 15.5 Å². The lowest BCUT2D eigenvalue weighted by atomic mass is 9.98. The first kappa shape index (κ1) is 19.4. The predicted octanol–water partition coefficient (Wildman–Crippen LogP) is 3.25. The summed E-state index contributed by atoms with van der Waals surface area (Å²) in [5.74, 6) is 1.98. The number of hydrogen-bond donors (Lipinski definition) is 1. The van der Waals surface area contributed by atoms with E-state index in [1.807, 2.05) is 16.8 Å². The van der Waals surface area contributed by atoms with E-state index in [0.29, 0.717) is 0 Å². The summed E-state index contributed by atoms with van der Waals surface area (Å²) in [6, 6.07) is 11.0. The fourth-order valence-electron chi connectivity index (χ4n) is 5.10. The summed E-state index contributed by atoms with van der Waals surface area (Å²) in [5.41, 5.74) is 10.2. The number of piperidine rings is 1. The third kappa shape index (κ3) is 3.35. The largest absolute Gasteiger partial charge is 0.355 e. The molecule has 8 nitrogen and oxygen atoms in total. The number of benzene rings is 1. The van der Waals surface area contributed by atoms with E-state index in [-0.39, 0.29) is 12.1 Å². The Kier molecular flexibility index (Phi) is 4.68. The van der Waals surface area contributed by atoms with E-state index in [1.54, 1.807) is 6.33 Å². The lowest BCUT2D eigenvalue weighted by Crippen LogP contribution is -2.34. The van der Waals surface area contributed by atoms with Crippen LogP contribution in [0.5, 0.6) is 0 Å². The molecule has 1 aromatic carbocycles. The molecule has 0 unspecified atom stereocenters. The quantitative estimate of drug-likeness (QED) is 0.536. The standard InChI is InChI=1S/C24H28N8/c1-16-5-6-19-18(12-16)24(27-15-26-19)31-9-3-2-4-21(31)20-13-23-28-22(8-11-32(23)29-20)30-10-7-17(25)14-30/h5-6,8,11-13,15,17,21H,2-4,7,9-10,14,25H2,1H3/t17-,21-/m0/s1. The Bertz CT molecular complexity index is 1280. The van der Waals surface area contributed by atoms with Crippen molar-refractivity contribution in [1.29, 1.82) is 0 Å². The molecule has 0 radical (unpaired) electrons. The number of nitrogens with two attached hydrogens (primary N) is 1. The molecule has 0 amide bonds. The van der Waals surface area contributed by atoms with Crippen molar-refractivity contribution in [2.75, 3.05) is 29.4 Å². The molecule has 5 heterocycles. The van der Waals surface area contributed by atoms with Crippen molar-refractivity contribution in [2.45, 2.75) is 44.7 Å². The van der Waals surface area contributed by atoms with E-state index in [0.717, 1.165) is 72.8 Å². The van der Waals surface area contributed by atoms with Gasteiger partial charge in [0.05, 0.1) is 17.3 Å². The van der Waals surface area contributed by atoms with Gasteiger partial charge in [0.15, 0.2) is 5.65 Å². The van der Waals surface area contributed by atoms with Crippen LogP contribution in [-0.4, -0.2) is 50.2 Å². The van der Waals surface area contributed by atoms with E-state index in [1.165, 1.54) is 12.0 Å². The molecule has 2 aliphatic rings. The smallest absolute Gasteiger partial charge is 0.157 e. The van der Waals surface area contributed by atoms with Crippen LogP contribution in [0.3, 0.4) is 0 Å². The number of aromatic nitrogens is 5. The molecule has 0 spiro atoms. The highest BCUT2D eigenvalue weighted by Gasteiger charge is 2.29. The summed E-state index contributed by atoms with van der Waals surface area (Å²) in [5, 5.41) is 6.02. The van der Waals surface area contributed by atoms with Gasteiger partial charge in [0, 0.05) is 43.3 Å². The Morgan fingerprint density at radius 2 is 1.97 bits per heavy atom. The molecule has 32 heavy (non-hydrogen) atoms. The molecule has 6 rings (SSSR count). The van der Waals surface area contributed by atoms with Crippen LogP contribution in [0, 0.1) is 6.92 Å². The molecule has 2 N–H and O–H groups in total. The second-order valence-corrected chi connectivity index (χ2v) is 9.08. The fraction of sp³-hybridized carbons (Fsp3) is 0.417. The van der Waals surface area contributed by atoms with Crippen LogP contribution < -0.4 is 15.5 Å². The van der Waals surface area contributed by atoms with Gasteiger partial charge in [-0.3, -0.25) is 0 Å². The minimum atomic E-state index is 0.174. The number of fused-ring (bicyclic) bond motifs is 2. The van der Waals surface area contributed by atoms with Gasteiger partial charge in [0.1, 0.15) is 18.0 Å². The second kappa shape index (κ2) is 7.70. The van der Waals surface area contributed by atoms with Crippen molar-refractivity contribution in [2.24, 2.45) is 5.73 Å². The number of anilines is 2. The summed E-state index contributed by atoms with van der Waals surface area (Å²) in [7, 11) is 0. The zero-order chi connectivity index (χ0) is 21.7. The highest BCUT2D eigenvalue weighted by molar-refractivity contribution is 5.90. The zero-order valence-electron chi connectivity index (χ0n) is 18.4. The van der Waals surface area contributed by atoms with Crippen molar-refractivity contribution in [3.8, 4) is 0 Å². The maximum atomic E-state index is 6.09. The summed E-state index contributed by atoms with van der Waals surface area (Å²) >= 11 is 0. The molecule has 2 aliphatic heterocycles. The molecule has 2 saturated heterocycles. The van der Waals surface area contributed by atoms with Gasteiger partial charge in [-0.25, -0.2) is 19.5 Å². The monoisotopic (exact) mass is 428 g/mol. The van der Waals surface area contributed by atoms with Crippen molar-refractivity contribution in [1.82, 2.24) is 24.6 Å². The van der Waals surface area contributed by atoms with Gasteiger partial charge in [-0.2, -0.15) is 5.10 Å². The molecule has 2 fully saturated rings.